The summed E-state index contributed by atoms with van der Waals surface area (Å²) in [6, 6.07) is 14.5. The van der Waals surface area contributed by atoms with Gasteiger partial charge in [-0.1, -0.05) is 74.0 Å². The summed E-state index contributed by atoms with van der Waals surface area (Å²) < 4.78 is 34.7. The van der Waals surface area contributed by atoms with Gasteiger partial charge in [-0.3, -0.25) is 4.79 Å². The molecule has 1 unspecified atom stereocenters. The third kappa shape index (κ3) is 8.63. The highest BCUT2D eigenvalue weighted by Crippen LogP contribution is 2.33. The lowest BCUT2D eigenvalue weighted by atomic mass is 9.95. The van der Waals surface area contributed by atoms with Crippen LogP contribution in [0.25, 0.3) is 5.57 Å². The van der Waals surface area contributed by atoms with Crippen LogP contribution in [-0.4, -0.2) is 23.6 Å². The van der Waals surface area contributed by atoms with E-state index >= 15 is 0 Å². The first-order chi connectivity index (χ1) is 17.1. The molecule has 0 fully saturated rings. The van der Waals surface area contributed by atoms with E-state index < -0.39 is 11.9 Å². The van der Waals surface area contributed by atoms with Crippen molar-refractivity contribution in [2.24, 2.45) is 5.92 Å². The maximum absolute atomic E-state index is 14.4. The van der Waals surface area contributed by atoms with E-state index in [1.165, 1.54) is 6.92 Å². The lowest BCUT2D eigenvalue weighted by Gasteiger charge is -2.17. The highest BCUT2D eigenvalue weighted by molar-refractivity contribution is 6.31. The number of alkyl halides is 2. The highest BCUT2D eigenvalue weighted by atomic mass is 35.5. The van der Waals surface area contributed by atoms with Crippen LogP contribution >= 0.6 is 11.6 Å². The summed E-state index contributed by atoms with van der Waals surface area (Å²) in [5, 5.41) is 9.87. The molecular formula is C30H35ClF2O3. The van der Waals surface area contributed by atoms with Crippen LogP contribution in [0, 0.1) is 5.92 Å². The molecule has 0 heterocycles. The fourth-order valence-electron chi connectivity index (χ4n) is 3.94. The van der Waals surface area contributed by atoms with Crippen LogP contribution in [0.2, 0.25) is 5.02 Å². The molecule has 3 nitrogen and oxygen atoms in total. The summed E-state index contributed by atoms with van der Waals surface area (Å²) in [5.74, 6) is -3.63. The van der Waals surface area contributed by atoms with Gasteiger partial charge in [0.2, 0.25) is 0 Å². The number of rotatable bonds is 14. The zero-order valence-electron chi connectivity index (χ0n) is 21.2. The Balaban J connectivity index is 2.09. The number of ether oxygens (including phenoxy) is 1. The molecule has 0 aliphatic carbocycles. The molecule has 0 aliphatic heterocycles. The Morgan fingerprint density at radius 1 is 1.17 bits per heavy atom. The Hall–Kier alpha value is -2.92. The van der Waals surface area contributed by atoms with Crippen molar-refractivity contribution < 1.29 is 23.4 Å². The van der Waals surface area contributed by atoms with Gasteiger partial charge in [0.15, 0.2) is 0 Å². The molecule has 6 heteroatoms. The standard InChI is InChI=1S/C30H35ClF2O3/c1-5-11-25(29(34)35)15-10-14-24-16-17-26(19-28(24)31)36-20-21(3)18-27(22(4)30(32,33)6-2)23-12-8-7-9-13-23/h6-9,12-13,16-19,25H,2,5,10-11,14-15,20H2,1,3-4H3,(H,34,35)/b21-18+,27-22-. The third-order valence-electron chi connectivity index (χ3n) is 6.11. The van der Waals surface area contributed by atoms with Crippen molar-refractivity contribution in [3.8, 4) is 5.75 Å². The van der Waals surface area contributed by atoms with Gasteiger partial charge in [-0.25, -0.2) is 0 Å². The van der Waals surface area contributed by atoms with E-state index in [-0.39, 0.29) is 18.1 Å². The Kier molecular flexibility index (Phi) is 11.4. The monoisotopic (exact) mass is 516 g/mol. The second kappa shape index (κ2) is 14.0. The van der Waals surface area contributed by atoms with Gasteiger partial charge in [0, 0.05) is 10.6 Å². The predicted molar refractivity (Wildman–Crippen MR) is 144 cm³/mol. The molecule has 2 aromatic rings. The minimum atomic E-state index is -3.13. The van der Waals surface area contributed by atoms with E-state index in [0.29, 0.717) is 47.2 Å². The van der Waals surface area contributed by atoms with E-state index in [9.17, 15) is 18.7 Å². The van der Waals surface area contributed by atoms with E-state index in [1.54, 1.807) is 24.3 Å². The number of allylic oxidation sites excluding steroid dienone is 4. The molecule has 0 aliphatic rings. The summed E-state index contributed by atoms with van der Waals surface area (Å²) in [6.45, 7) is 8.70. The van der Waals surface area contributed by atoms with Gasteiger partial charge >= 0.3 is 5.97 Å². The summed E-state index contributed by atoms with van der Waals surface area (Å²) >= 11 is 6.44. The number of carboxylic acid groups (broad SMARTS) is 1. The lowest BCUT2D eigenvalue weighted by molar-refractivity contribution is -0.142. The molecule has 36 heavy (non-hydrogen) atoms. The number of carbonyl (C=O) groups is 1. The van der Waals surface area contributed by atoms with Crippen LogP contribution in [0.1, 0.15) is 57.6 Å². The Labute approximate surface area is 218 Å². The van der Waals surface area contributed by atoms with E-state index in [1.807, 2.05) is 44.2 Å². The van der Waals surface area contributed by atoms with Crippen LogP contribution in [0.4, 0.5) is 8.78 Å². The van der Waals surface area contributed by atoms with Gasteiger partial charge in [0.05, 0.1) is 5.92 Å². The van der Waals surface area contributed by atoms with Gasteiger partial charge in [-0.2, -0.15) is 8.78 Å². The first-order valence-electron chi connectivity index (χ1n) is 12.2. The Bertz CT molecular complexity index is 1090. The summed E-state index contributed by atoms with van der Waals surface area (Å²) in [5.41, 5.74) is 2.74. The second-order valence-corrected chi connectivity index (χ2v) is 9.39. The molecule has 0 bridgehead atoms. The second-order valence-electron chi connectivity index (χ2n) is 8.98. The quantitative estimate of drug-likeness (QED) is 0.201. The van der Waals surface area contributed by atoms with Gasteiger partial charge in [0.1, 0.15) is 12.4 Å². The largest absolute Gasteiger partial charge is 0.489 e. The number of aliphatic carboxylic acids is 1. The minimum absolute atomic E-state index is 0.0838. The molecule has 0 saturated carbocycles. The third-order valence-corrected chi connectivity index (χ3v) is 6.46. The first kappa shape index (κ1) is 29.3. The fraction of sp³-hybridized carbons (Fsp3) is 0.367. The normalized spacial score (nSPS) is 13.7. The van der Waals surface area contributed by atoms with Crippen LogP contribution in [-0.2, 0) is 11.2 Å². The van der Waals surface area contributed by atoms with Crippen LogP contribution < -0.4 is 4.74 Å². The minimum Gasteiger partial charge on any atom is -0.489 e. The van der Waals surface area contributed by atoms with Gasteiger partial charge in [-0.15, -0.1) is 0 Å². The molecule has 1 atom stereocenters. The van der Waals surface area contributed by atoms with Crippen molar-refractivity contribution in [2.75, 3.05) is 6.61 Å². The van der Waals surface area contributed by atoms with Crippen molar-refractivity contribution >= 4 is 23.1 Å². The smallest absolute Gasteiger partial charge is 0.306 e. The van der Waals surface area contributed by atoms with Crippen molar-refractivity contribution in [1.82, 2.24) is 0 Å². The predicted octanol–water partition coefficient (Wildman–Crippen LogP) is 8.78. The van der Waals surface area contributed by atoms with Crippen molar-refractivity contribution in [3.63, 3.8) is 0 Å². The first-order valence-corrected chi connectivity index (χ1v) is 12.6. The summed E-state index contributed by atoms with van der Waals surface area (Å²) in [6.07, 6.45) is 5.93. The number of benzene rings is 2. The maximum Gasteiger partial charge on any atom is 0.306 e. The average molecular weight is 517 g/mol. The molecule has 2 aromatic carbocycles. The molecule has 0 amide bonds. The molecule has 194 valence electrons. The topological polar surface area (TPSA) is 46.5 Å². The molecule has 2 rings (SSSR count). The molecule has 0 aromatic heterocycles. The number of hydrogen-bond acceptors (Lipinski definition) is 2. The molecule has 0 radical (unpaired) electrons. The average Bonchev–Trinajstić information content (AvgIpc) is 2.86. The van der Waals surface area contributed by atoms with Crippen LogP contribution in [0.5, 0.6) is 5.75 Å². The Morgan fingerprint density at radius 2 is 1.86 bits per heavy atom. The molecule has 0 spiro atoms. The van der Waals surface area contributed by atoms with Crippen molar-refractivity contribution in [1.29, 1.82) is 0 Å². The molecular weight excluding hydrogens is 482 g/mol. The zero-order chi connectivity index (χ0) is 26.7. The maximum atomic E-state index is 14.4. The van der Waals surface area contributed by atoms with Crippen molar-refractivity contribution in [2.45, 2.75) is 58.8 Å². The van der Waals surface area contributed by atoms with E-state index in [2.05, 4.69) is 6.58 Å². The number of carboxylic acids is 1. The lowest BCUT2D eigenvalue weighted by Crippen LogP contribution is -2.15. The SMILES string of the molecule is C=CC(F)(F)/C(C)=C(/C=C(\C)COc1ccc(CCCC(CCC)C(=O)O)c(Cl)c1)c1ccccc1. The fourth-order valence-corrected chi connectivity index (χ4v) is 4.21. The van der Waals surface area contributed by atoms with Crippen LogP contribution in [0.15, 0.2) is 78.4 Å². The molecule has 0 saturated heterocycles. The van der Waals surface area contributed by atoms with E-state index in [4.69, 9.17) is 16.3 Å². The highest BCUT2D eigenvalue weighted by Gasteiger charge is 2.29. The van der Waals surface area contributed by atoms with E-state index in [0.717, 1.165) is 24.0 Å². The zero-order valence-corrected chi connectivity index (χ0v) is 22.0. The summed E-state index contributed by atoms with van der Waals surface area (Å²) in [4.78, 5) is 11.3. The van der Waals surface area contributed by atoms with Gasteiger partial charge < -0.3 is 9.84 Å². The summed E-state index contributed by atoms with van der Waals surface area (Å²) in [7, 11) is 0. The van der Waals surface area contributed by atoms with Gasteiger partial charge in [0.25, 0.3) is 5.92 Å². The number of halogens is 3. The van der Waals surface area contributed by atoms with Crippen LogP contribution in [0.3, 0.4) is 0 Å². The number of aryl methyl sites for hydroxylation is 1. The Morgan fingerprint density at radius 3 is 2.44 bits per heavy atom. The number of hydrogen-bond donors (Lipinski definition) is 1. The van der Waals surface area contributed by atoms with Gasteiger partial charge in [-0.05, 0) is 80.0 Å². The molecule has 1 N–H and O–H groups in total. The van der Waals surface area contributed by atoms with Crippen molar-refractivity contribution in [3.05, 3.63) is 94.6 Å².